The Bertz CT molecular complexity index is 409. The molecule has 0 atom stereocenters. The molecule has 0 radical (unpaired) electrons. The molecule has 1 heterocycles. The second-order valence-electron chi connectivity index (χ2n) is 1.96. The summed E-state index contributed by atoms with van der Waals surface area (Å²) in [5, 5.41) is 2.49. The van der Waals surface area contributed by atoms with Gasteiger partial charge in [0.05, 0.1) is 0 Å². The van der Waals surface area contributed by atoms with Crippen molar-refractivity contribution in [3.8, 4) is 0 Å². The fourth-order valence-electron chi connectivity index (χ4n) is 0.592. The van der Waals surface area contributed by atoms with Crippen molar-refractivity contribution in [3.05, 3.63) is 12.0 Å². The van der Waals surface area contributed by atoms with Crippen LogP contribution in [0.25, 0.3) is 0 Å². The van der Waals surface area contributed by atoms with Gasteiger partial charge >= 0.3 is 6.18 Å². The minimum absolute atomic E-state index is 0.325. The molecule has 1 aromatic rings. The molecule has 1 rings (SSSR count). The fourth-order valence-corrected chi connectivity index (χ4v) is 1.46. The molecular formula is C4HClF3NO3S. The molecule has 0 aromatic carbocycles. The summed E-state index contributed by atoms with van der Waals surface area (Å²) in [6.07, 6.45) is -4.57. The van der Waals surface area contributed by atoms with Crippen molar-refractivity contribution < 1.29 is 26.1 Å². The van der Waals surface area contributed by atoms with E-state index in [0.717, 1.165) is 0 Å². The average Bonchev–Trinajstić information content (AvgIpc) is 2.27. The quantitative estimate of drug-likeness (QED) is 0.694. The summed E-state index contributed by atoms with van der Waals surface area (Å²) in [6, 6.07) is 0. The van der Waals surface area contributed by atoms with Crippen molar-refractivity contribution in [2.75, 3.05) is 0 Å². The predicted octanol–water partition coefficient (Wildman–Crippen LogP) is 1.62. The Hall–Kier alpha value is -0.760. The predicted molar refractivity (Wildman–Crippen MR) is 34.5 cm³/mol. The second-order valence-corrected chi connectivity index (χ2v) is 4.50. The van der Waals surface area contributed by atoms with Gasteiger partial charge in [0.25, 0.3) is 9.05 Å². The van der Waals surface area contributed by atoms with Gasteiger partial charge in [0.15, 0.2) is 4.90 Å². The maximum absolute atomic E-state index is 12.0. The van der Waals surface area contributed by atoms with Gasteiger partial charge in [0.1, 0.15) is 6.26 Å². The smallest absolute Gasteiger partial charge is 0.363 e. The molecule has 0 bridgehead atoms. The Balaban J connectivity index is 3.35. The Kier molecular flexibility index (Phi) is 2.28. The number of nitrogens with zero attached hydrogens (tertiary/aromatic N) is 1. The molecule has 0 aliphatic heterocycles. The first-order chi connectivity index (χ1) is 5.73. The highest BCUT2D eigenvalue weighted by atomic mass is 35.7. The normalized spacial score (nSPS) is 13.2. The first-order valence-electron chi connectivity index (χ1n) is 2.69. The number of rotatable bonds is 1. The molecule has 13 heavy (non-hydrogen) atoms. The number of halogens is 4. The van der Waals surface area contributed by atoms with E-state index in [-0.39, 0.29) is 0 Å². The molecule has 0 saturated heterocycles. The lowest BCUT2D eigenvalue weighted by Gasteiger charge is -2.01. The molecular weight excluding hydrogens is 235 g/mol. The second kappa shape index (κ2) is 2.88. The van der Waals surface area contributed by atoms with Crippen LogP contribution < -0.4 is 0 Å². The molecule has 4 nitrogen and oxygen atoms in total. The van der Waals surface area contributed by atoms with Crippen LogP contribution in [0.4, 0.5) is 13.2 Å². The summed E-state index contributed by atoms with van der Waals surface area (Å²) in [5.74, 6) is 0. The highest BCUT2D eigenvalue weighted by Gasteiger charge is 2.41. The van der Waals surface area contributed by atoms with E-state index in [0.29, 0.717) is 6.26 Å². The van der Waals surface area contributed by atoms with E-state index in [2.05, 4.69) is 20.4 Å². The number of aromatic nitrogens is 1. The Labute approximate surface area is 74.7 Å². The van der Waals surface area contributed by atoms with Crippen molar-refractivity contribution >= 4 is 19.7 Å². The zero-order valence-corrected chi connectivity index (χ0v) is 7.24. The van der Waals surface area contributed by atoms with Crippen molar-refractivity contribution in [1.29, 1.82) is 0 Å². The van der Waals surface area contributed by atoms with Crippen molar-refractivity contribution in [1.82, 2.24) is 5.16 Å². The summed E-state index contributed by atoms with van der Waals surface area (Å²) in [7, 11) is 0.206. The molecule has 9 heteroatoms. The van der Waals surface area contributed by atoms with E-state index in [1.807, 2.05) is 0 Å². The average molecular weight is 236 g/mol. The third kappa shape index (κ3) is 2.13. The van der Waals surface area contributed by atoms with Gasteiger partial charge in [-0.1, -0.05) is 5.16 Å². The zero-order chi connectivity index (χ0) is 10.3. The molecule has 0 saturated carbocycles. The number of hydrogen-bond acceptors (Lipinski definition) is 4. The lowest BCUT2D eigenvalue weighted by molar-refractivity contribution is -0.144. The molecule has 0 N–H and O–H groups in total. The van der Waals surface area contributed by atoms with Crippen LogP contribution >= 0.6 is 10.7 Å². The lowest BCUT2D eigenvalue weighted by Crippen LogP contribution is -2.09. The van der Waals surface area contributed by atoms with Crippen LogP contribution in [0.3, 0.4) is 0 Å². The fraction of sp³-hybridized carbons (Fsp3) is 0.250. The van der Waals surface area contributed by atoms with Crippen molar-refractivity contribution in [2.24, 2.45) is 0 Å². The first kappa shape index (κ1) is 10.3. The van der Waals surface area contributed by atoms with Crippen LogP contribution in [-0.4, -0.2) is 13.6 Å². The van der Waals surface area contributed by atoms with Crippen LogP contribution in [0.2, 0.25) is 0 Å². The van der Waals surface area contributed by atoms with Crippen molar-refractivity contribution in [2.45, 2.75) is 11.1 Å². The van der Waals surface area contributed by atoms with E-state index in [1.165, 1.54) is 0 Å². The number of hydrogen-bond donors (Lipinski definition) is 0. The minimum atomic E-state index is -4.90. The summed E-state index contributed by atoms with van der Waals surface area (Å²) < 4.78 is 60.8. The van der Waals surface area contributed by atoms with E-state index < -0.39 is 25.8 Å². The largest absolute Gasteiger partial charge is 0.438 e. The van der Waals surface area contributed by atoms with Crippen LogP contribution in [0.5, 0.6) is 0 Å². The SMILES string of the molecule is O=S(=O)(Cl)c1conc1C(F)(F)F. The topological polar surface area (TPSA) is 60.2 Å². The van der Waals surface area contributed by atoms with Crippen LogP contribution in [-0.2, 0) is 15.2 Å². The van der Waals surface area contributed by atoms with Gasteiger partial charge in [-0.2, -0.15) is 13.2 Å². The van der Waals surface area contributed by atoms with Gasteiger partial charge in [-0.15, -0.1) is 0 Å². The number of alkyl halides is 3. The Morgan fingerprint density at radius 2 is 2.00 bits per heavy atom. The molecule has 0 aliphatic rings. The third-order valence-corrected chi connectivity index (χ3v) is 2.38. The van der Waals surface area contributed by atoms with Crippen molar-refractivity contribution in [3.63, 3.8) is 0 Å². The Morgan fingerprint density at radius 1 is 1.46 bits per heavy atom. The summed E-state index contributed by atoms with van der Waals surface area (Å²) >= 11 is 0. The van der Waals surface area contributed by atoms with Gasteiger partial charge in [-0.3, -0.25) is 0 Å². The molecule has 0 spiro atoms. The maximum atomic E-state index is 12.0. The molecule has 0 fully saturated rings. The van der Waals surface area contributed by atoms with Gasteiger partial charge < -0.3 is 4.52 Å². The third-order valence-electron chi connectivity index (χ3n) is 1.07. The highest BCUT2D eigenvalue weighted by molar-refractivity contribution is 8.13. The van der Waals surface area contributed by atoms with Gasteiger partial charge in [0, 0.05) is 10.7 Å². The molecule has 1 aromatic heterocycles. The molecule has 0 aliphatic carbocycles. The van der Waals surface area contributed by atoms with Crippen LogP contribution in [0, 0.1) is 0 Å². The molecule has 74 valence electrons. The van der Waals surface area contributed by atoms with E-state index in [4.69, 9.17) is 0 Å². The maximum Gasteiger partial charge on any atom is 0.438 e. The highest BCUT2D eigenvalue weighted by Crippen LogP contribution is 2.33. The van der Waals surface area contributed by atoms with E-state index in [9.17, 15) is 21.6 Å². The van der Waals surface area contributed by atoms with E-state index in [1.54, 1.807) is 0 Å². The van der Waals surface area contributed by atoms with Gasteiger partial charge in [0.2, 0.25) is 5.69 Å². The minimum Gasteiger partial charge on any atom is -0.363 e. The zero-order valence-electron chi connectivity index (χ0n) is 5.67. The van der Waals surface area contributed by atoms with Crippen LogP contribution in [0.1, 0.15) is 5.69 Å². The standard InChI is InChI=1S/C4HClF3NO3S/c5-13(10,11)2-1-12-9-3(2)4(6,7)8/h1H. The molecule has 0 amide bonds. The Morgan fingerprint density at radius 3 is 2.31 bits per heavy atom. The van der Waals surface area contributed by atoms with Gasteiger partial charge in [-0.25, -0.2) is 8.42 Å². The van der Waals surface area contributed by atoms with E-state index >= 15 is 0 Å². The molecule has 0 unspecified atom stereocenters. The monoisotopic (exact) mass is 235 g/mol. The first-order valence-corrected chi connectivity index (χ1v) is 5.00. The summed E-state index contributed by atoms with van der Waals surface area (Å²) in [5.41, 5.74) is -1.65. The summed E-state index contributed by atoms with van der Waals surface area (Å²) in [6.45, 7) is 0. The van der Waals surface area contributed by atoms with Crippen LogP contribution in [0.15, 0.2) is 15.7 Å². The lowest BCUT2D eigenvalue weighted by atomic mass is 10.4. The van der Waals surface area contributed by atoms with Gasteiger partial charge in [-0.05, 0) is 0 Å². The summed E-state index contributed by atoms with van der Waals surface area (Å²) in [4.78, 5) is -1.18.